The van der Waals surface area contributed by atoms with Crippen LogP contribution >= 0.6 is 11.3 Å². The zero-order chi connectivity index (χ0) is 24.9. The van der Waals surface area contributed by atoms with Crippen LogP contribution in [0.1, 0.15) is 118 Å². The molecule has 2 aliphatic rings. The molecular weight excluding hydrogens is 444 g/mol. The molecule has 1 aromatic rings. The van der Waals surface area contributed by atoms with Crippen LogP contribution in [0.3, 0.4) is 0 Å². The highest BCUT2D eigenvalue weighted by Crippen LogP contribution is 2.42. The Hall–Kier alpha value is -1.93. The Labute approximate surface area is 209 Å². The smallest absolute Gasteiger partial charge is 0.348 e. The van der Waals surface area contributed by atoms with Crippen molar-refractivity contribution in [2.24, 2.45) is 23.2 Å². The fourth-order valence-corrected chi connectivity index (χ4v) is 6.34. The molecule has 0 aromatic carbocycles. The lowest BCUT2D eigenvalue weighted by atomic mass is 9.73. The van der Waals surface area contributed by atoms with Crippen molar-refractivity contribution in [1.29, 1.82) is 0 Å². The van der Waals surface area contributed by atoms with Crippen molar-refractivity contribution in [3.63, 3.8) is 0 Å². The standard InChI is InChI=1S/C29H40O4S/c1-19-6-8-21(9-7-19)26(31)15-14-24(20-10-12-22(30)13-11-20)25-18-23(16-17-29(2,3)4)34-27(25)28(32)33-5/h18-21,24H,6-15H2,1-5H3. The van der Waals surface area contributed by atoms with Crippen LogP contribution in [-0.2, 0) is 14.3 Å². The molecule has 1 atom stereocenters. The first kappa shape index (κ1) is 26.7. The first-order chi connectivity index (χ1) is 16.1. The summed E-state index contributed by atoms with van der Waals surface area (Å²) in [4.78, 5) is 39.2. The number of carbonyl (C=O) groups excluding carboxylic acids is 3. The van der Waals surface area contributed by atoms with Crippen molar-refractivity contribution in [2.75, 3.05) is 7.11 Å². The number of ether oxygens (including phenoxy) is 1. The number of hydrogen-bond donors (Lipinski definition) is 0. The lowest BCUT2D eigenvalue weighted by molar-refractivity contribution is -0.124. The average molecular weight is 485 g/mol. The second-order valence-electron chi connectivity index (χ2n) is 11.3. The van der Waals surface area contributed by atoms with E-state index in [1.807, 2.05) is 6.07 Å². The molecule has 186 valence electrons. The zero-order valence-electron chi connectivity index (χ0n) is 21.5. The topological polar surface area (TPSA) is 60.4 Å². The fourth-order valence-electron chi connectivity index (χ4n) is 5.34. The van der Waals surface area contributed by atoms with Crippen molar-refractivity contribution >= 4 is 28.9 Å². The Balaban J connectivity index is 1.87. The Kier molecular flexibility index (Phi) is 9.15. The predicted octanol–water partition coefficient (Wildman–Crippen LogP) is 6.95. The molecule has 2 saturated carbocycles. The van der Waals surface area contributed by atoms with Crippen LogP contribution in [0.5, 0.6) is 0 Å². The molecule has 1 unspecified atom stereocenters. The molecule has 1 heterocycles. The highest BCUT2D eigenvalue weighted by atomic mass is 32.1. The molecule has 2 aliphatic carbocycles. The van der Waals surface area contributed by atoms with Gasteiger partial charge >= 0.3 is 5.97 Å². The summed E-state index contributed by atoms with van der Waals surface area (Å²) in [6.45, 7) is 8.46. The van der Waals surface area contributed by atoms with Crippen molar-refractivity contribution in [3.8, 4) is 11.8 Å². The summed E-state index contributed by atoms with van der Waals surface area (Å²) < 4.78 is 5.12. The summed E-state index contributed by atoms with van der Waals surface area (Å²) in [5.41, 5.74) is 0.822. The lowest BCUT2D eigenvalue weighted by Gasteiger charge is -2.31. The van der Waals surface area contributed by atoms with Gasteiger partial charge in [-0.05, 0) is 82.3 Å². The minimum Gasteiger partial charge on any atom is -0.465 e. The highest BCUT2D eigenvalue weighted by molar-refractivity contribution is 7.14. The summed E-state index contributed by atoms with van der Waals surface area (Å²) in [5, 5.41) is 0. The average Bonchev–Trinajstić information content (AvgIpc) is 3.22. The highest BCUT2D eigenvalue weighted by Gasteiger charge is 2.33. The van der Waals surface area contributed by atoms with E-state index in [2.05, 4.69) is 39.5 Å². The molecule has 1 aromatic heterocycles. The van der Waals surface area contributed by atoms with Crippen LogP contribution in [0.4, 0.5) is 0 Å². The molecule has 2 fully saturated rings. The number of ketones is 2. The van der Waals surface area contributed by atoms with Crippen LogP contribution in [-0.4, -0.2) is 24.6 Å². The van der Waals surface area contributed by atoms with E-state index in [1.165, 1.54) is 18.4 Å². The van der Waals surface area contributed by atoms with Gasteiger partial charge in [-0.15, -0.1) is 11.3 Å². The monoisotopic (exact) mass is 484 g/mol. The van der Waals surface area contributed by atoms with Crippen LogP contribution in [0.25, 0.3) is 0 Å². The SMILES string of the molecule is COC(=O)c1sc(C#CC(C)(C)C)cc1C(CCC(=O)C1CCC(C)CC1)C1CCC(=O)CC1. The molecular formula is C29H40O4S. The third-order valence-corrected chi connectivity index (χ3v) is 8.47. The maximum atomic E-state index is 13.1. The maximum absolute atomic E-state index is 13.1. The predicted molar refractivity (Wildman–Crippen MR) is 137 cm³/mol. The lowest BCUT2D eigenvalue weighted by Crippen LogP contribution is -2.24. The van der Waals surface area contributed by atoms with Crippen LogP contribution in [0.2, 0.25) is 0 Å². The van der Waals surface area contributed by atoms with Gasteiger partial charge in [0.25, 0.3) is 0 Å². The Morgan fingerprint density at radius 3 is 2.35 bits per heavy atom. The van der Waals surface area contributed by atoms with Gasteiger partial charge in [-0.25, -0.2) is 4.79 Å². The van der Waals surface area contributed by atoms with Gasteiger partial charge in [0.1, 0.15) is 16.4 Å². The Bertz CT molecular complexity index is 937. The normalized spacial score (nSPS) is 22.6. The number of Topliss-reactive ketones (excluding diaryl/α,β-unsaturated/α-hetero) is 2. The van der Waals surface area contributed by atoms with Gasteiger partial charge in [0.2, 0.25) is 0 Å². The third-order valence-electron chi connectivity index (χ3n) is 7.42. The van der Waals surface area contributed by atoms with Crippen molar-refractivity contribution in [3.05, 3.63) is 21.4 Å². The van der Waals surface area contributed by atoms with Gasteiger partial charge in [-0.2, -0.15) is 0 Å². The molecule has 0 N–H and O–H groups in total. The van der Waals surface area contributed by atoms with Gasteiger partial charge in [0, 0.05) is 30.6 Å². The Morgan fingerprint density at radius 1 is 1.12 bits per heavy atom. The first-order valence-electron chi connectivity index (χ1n) is 12.9. The summed E-state index contributed by atoms with van der Waals surface area (Å²) in [6.07, 6.45) is 8.34. The summed E-state index contributed by atoms with van der Waals surface area (Å²) in [7, 11) is 1.41. The molecule has 5 heteroatoms. The van der Waals surface area contributed by atoms with Gasteiger partial charge in [-0.1, -0.05) is 31.6 Å². The summed E-state index contributed by atoms with van der Waals surface area (Å²) in [6, 6.07) is 2.05. The third kappa shape index (κ3) is 7.28. The molecule has 0 bridgehead atoms. The number of hydrogen-bond acceptors (Lipinski definition) is 5. The minimum atomic E-state index is -0.340. The van der Waals surface area contributed by atoms with E-state index in [1.54, 1.807) is 0 Å². The number of rotatable bonds is 7. The summed E-state index contributed by atoms with van der Waals surface area (Å²) in [5.74, 6) is 8.12. The van der Waals surface area contributed by atoms with E-state index in [0.29, 0.717) is 41.6 Å². The molecule has 0 aliphatic heterocycles. The molecule has 3 rings (SSSR count). The van der Waals surface area contributed by atoms with Gasteiger partial charge < -0.3 is 4.74 Å². The molecule has 0 saturated heterocycles. The van der Waals surface area contributed by atoms with Crippen molar-refractivity contribution < 1.29 is 19.1 Å². The van der Waals surface area contributed by atoms with E-state index in [-0.39, 0.29) is 23.2 Å². The number of methoxy groups -OCH3 is 1. The largest absolute Gasteiger partial charge is 0.465 e. The number of carbonyl (C=O) groups is 3. The van der Waals surface area contributed by atoms with Crippen LogP contribution in [0.15, 0.2) is 6.07 Å². The van der Waals surface area contributed by atoms with Crippen molar-refractivity contribution in [2.45, 2.75) is 97.8 Å². The van der Waals surface area contributed by atoms with Crippen LogP contribution < -0.4 is 0 Å². The first-order valence-corrected chi connectivity index (χ1v) is 13.7. The van der Waals surface area contributed by atoms with E-state index < -0.39 is 0 Å². The van der Waals surface area contributed by atoms with Gasteiger partial charge in [0.05, 0.1) is 12.0 Å². The second kappa shape index (κ2) is 11.7. The van der Waals surface area contributed by atoms with E-state index in [9.17, 15) is 14.4 Å². The van der Waals surface area contributed by atoms with E-state index >= 15 is 0 Å². The molecule has 0 amide bonds. The number of thiophene rings is 1. The zero-order valence-corrected chi connectivity index (χ0v) is 22.3. The van der Waals surface area contributed by atoms with E-state index in [4.69, 9.17) is 4.74 Å². The minimum absolute atomic E-state index is 0.0649. The summed E-state index contributed by atoms with van der Waals surface area (Å²) >= 11 is 1.39. The molecule has 0 radical (unpaired) electrons. The van der Waals surface area contributed by atoms with Crippen LogP contribution in [0, 0.1) is 35.0 Å². The maximum Gasteiger partial charge on any atom is 0.348 e. The Morgan fingerprint density at radius 2 is 1.76 bits per heavy atom. The second-order valence-corrected chi connectivity index (χ2v) is 12.4. The molecule has 34 heavy (non-hydrogen) atoms. The fraction of sp³-hybridized carbons (Fsp3) is 0.690. The van der Waals surface area contributed by atoms with E-state index in [0.717, 1.165) is 61.3 Å². The number of esters is 1. The van der Waals surface area contributed by atoms with Gasteiger partial charge in [-0.3, -0.25) is 9.59 Å². The molecule has 0 spiro atoms. The molecule has 4 nitrogen and oxygen atoms in total. The quantitative estimate of drug-likeness (QED) is 0.310. The van der Waals surface area contributed by atoms with Crippen molar-refractivity contribution in [1.82, 2.24) is 0 Å². The van der Waals surface area contributed by atoms with Gasteiger partial charge in [0.15, 0.2) is 0 Å².